The number of anilines is 3. The van der Waals surface area contributed by atoms with E-state index < -0.39 is 10.8 Å². The Morgan fingerprint density at radius 1 is 0.257 bits per heavy atom. The van der Waals surface area contributed by atoms with Crippen LogP contribution in [0.25, 0.3) is 49.7 Å². The predicted octanol–water partition coefficient (Wildman–Crippen LogP) is 17.0. The maximum Gasteiger partial charge on any atom is 0.0714 e. The maximum atomic E-state index is 2.48. The van der Waals surface area contributed by atoms with Gasteiger partial charge in [-0.1, -0.05) is 224 Å². The molecule has 12 aromatic rings. The van der Waals surface area contributed by atoms with Crippen LogP contribution in [0.2, 0.25) is 0 Å². The molecule has 0 N–H and O–H groups in total. The van der Waals surface area contributed by atoms with Crippen LogP contribution in [-0.4, -0.2) is 4.57 Å². The molecule has 0 atom stereocenters. The summed E-state index contributed by atoms with van der Waals surface area (Å²) in [5.41, 5.74) is 20.9. The van der Waals surface area contributed by atoms with Crippen molar-refractivity contribution in [1.29, 1.82) is 0 Å². The number of aromatic nitrogens is 1. The zero-order valence-corrected chi connectivity index (χ0v) is 38.5. The molecule has 0 unspecified atom stereocenters. The average Bonchev–Trinajstić information content (AvgIpc) is 4.05. The van der Waals surface area contributed by atoms with Crippen LogP contribution in [-0.2, 0) is 10.8 Å². The lowest BCUT2D eigenvalue weighted by Gasteiger charge is -2.35. The van der Waals surface area contributed by atoms with Gasteiger partial charge in [-0.2, -0.15) is 0 Å². The average molecular weight is 891 g/mol. The van der Waals surface area contributed by atoms with Gasteiger partial charge >= 0.3 is 0 Å². The third-order valence-electron chi connectivity index (χ3n) is 15.3. The number of hydrogen-bond acceptors (Lipinski definition) is 1. The molecule has 0 bridgehead atoms. The molecule has 2 nitrogen and oxygen atoms in total. The minimum atomic E-state index is -0.546. The number of rotatable bonds is 8. The van der Waals surface area contributed by atoms with Crippen LogP contribution >= 0.6 is 0 Å². The standard InChI is InChI=1S/C68H46N2/c1-4-21-47(22-5-1)67(61-34-15-10-29-55(61)56-30-11-16-35-62(56)67)50-39-41-51(42-40-50)69(52-27-20-28-53(45-52)70-65-37-18-13-32-59(65)60-33-14-19-38-66(60)70)54-43-44-58-57-31-12-17-36-63(57)68(64(58)46-54,48-23-6-2-7-24-48)49-25-8-3-9-26-49/h1-46H. The van der Waals surface area contributed by atoms with Gasteiger partial charge in [0.1, 0.15) is 0 Å². The normalized spacial score (nSPS) is 13.7. The molecule has 2 heteroatoms. The van der Waals surface area contributed by atoms with Gasteiger partial charge in [0, 0.05) is 33.5 Å². The van der Waals surface area contributed by atoms with E-state index in [-0.39, 0.29) is 0 Å². The third kappa shape index (κ3) is 5.68. The summed E-state index contributed by atoms with van der Waals surface area (Å²) in [6, 6.07) is 104. The van der Waals surface area contributed by atoms with Gasteiger partial charge in [0.05, 0.1) is 21.9 Å². The highest BCUT2D eigenvalue weighted by Crippen LogP contribution is 2.59. The van der Waals surface area contributed by atoms with Crippen molar-refractivity contribution < 1.29 is 0 Å². The van der Waals surface area contributed by atoms with E-state index in [0.29, 0.717) is 0 Å². The first-order chi connectivity index (χ1) is 34.7. The van der Waals surface area contributed by atoms with Crippen LogP contribution in [0.1, 0.15) is 44.5 Å². The highest BCUT2D eigenvalue weighted by molar-refractivity contribution is 6.09. The van der Waals surface area contributed by atoms with Crippen LogP contribution in [0.5, 0.6) is 0 Å². The van der Waals surface area contributed by atoms with Gasteiger partial charge in [0.15, 0.2) is 0 Å². The molecule has 1 aromatic heterocycles. The van der Waals surface area contributed by atoms with Crippen LogP contribution in [0.15, 0.2) is 279 Å². The minimum absolute atomic E-state index is 0.501. The Balaban J connectivity index is 1.01. The van der Waals surface area contributed by atoms with Crippen LogP contribution in [0, 0.1) is 0 Å². The van der Waals surface area contributed by atoms with Gasteiger partial charge in [-0.15, -0.1) is 0 Å². The van der Waals surface area contributed by atoms with E-state index >= 15 is 0 Å². The molecule has 2 aliphatic rings. The van der Waals surface area contributed by atoms with Crippen LogP contribution < -0.4 is 4.90 Å². The van der Waals surface area contributed by atoms with Gasteiger partial charge in [-0.3, -0.25) is 0 Å². The topological polar surface area (TPSA) is 8.17 Å². The molecule has 0 radical (unpaired) electrons. The molecule has 0 spiro atoms. The SMILES string of the molecule is c1ccc(C2(c3ccc(N(c4cccc(-n5c6ccccc6c6ccccc65)c4)c4ccc5c(c4)C(c4ccccc4)(c4ccccc4)c4ccccc4-5)cc3)c3ccccc3-c3ccccc32)cc1. The highest BCUT2D eigenvalue weighted by Gasteiger charge is 2.47. The van der Waals surface area contributed by atoms with E-state index in [4.69, 9.17) is 0 Å². The molecule has 0 saturated carbocycles. The predicted molar refractivity (Wildman–Crippen MR) is 290 cm³/mol. The molecule has 0 fully saturated rings. The summed E-state index contributed by atoms with van der Waals surface area (Å²) in [7, 11) is 0. The molecule has 14 rings (SSSR count). The lowest BCUT2D eigenvalue weighted by atomic mass is 9.67. The number of para-hydroxylation sites is 2. The van der Waals surface area contributed by atoms with Crippen molar-refractivity contribution in [3.63, 3.8) is 0 Å². The van der Waals surface area contributed by atoms with Crippen molar-refractivity contribution in [3.05, 3.63) is 324 Å². The Morgan fingerprint density at radius 2 is 0.643 bits per heavy atom. The first-order valence-electron chi connectivity index (χ1n) is 24.3. The summed E-state index contributed by atoms with van der Waals surface area (Å²) in [5.74, 6) is 0. The van der Waals surface area contributed by atoms with Crippen molar-refractivity contribution in [2.24, 2.45) is 0 Å². The Labute approximate surface area is 408 Å². The first-order valence-corrected chi connectivity index (χ1v) is 24.3. The Hall–Kier alpha value is -8.98. The third-order valence-corrected chi connectivity index (χ3v) is 15.3. The highest BCUT2D eigenvalue weighted by atomic mass is 15.1. The fraction of sp³-hybridized carbons (Fsp3) is 0.0294. The summed E-state index contributed by atoms with van der Waals surface area (Å²) in [6.45, 7) is 0. The largest absolute Gasteiger partial charge is 0.310 e. The Morgan fingerprint density at radius 3 is 1.16 bits per heavy atom. The lowest BCUT2D eigenvalue weighted by Crippen LogP contribution is -2.29. The van der Waals surface area contributed by atoms with E-state index in [0.717, 1.165) is 22.7 Å². The van der Waals surface area contributed by atoms with Gasteiger partial charge < -0.3 is 9.47 Å². The zero-order valence-electron chi connectivity index (χ0n) is 38.5. The smallest absolute Gasteiger partial charge is 0.0714 e. The van der Waals surface area contributed by atoms with Crippen molar-refractivity contribution in [2.75, 3.05) is 4.90 Å². The van der Waals surface area contributed by atoms with Gasteiger partial charge in [0.2, 0.25) is 0 Å². The van der Waals surface area contributed by atoms with E-state index in [1.807, 2.05) is 0 Å². The summed E-state index contributed by atoms with van der Waals surface area (Å²) in [5, 5.41) is 2.49. The van der Waals surface area contributed by atoms with Gasteiger partial charge in [-0.05, 0) is 121 Å². The zero-order chi connectivity index (χ0) is 46.2. The molecule has 0 aliphatic heterocycles. The van der Waals surface area contributed by atoms with E-state index in [1.54, 1.807) is 0 Å². The van der Waals surface area contributed by atoms with Crippen molar-refractivity contribution in [3.8, 4) is 27.9 Å². The fourth-order valence-corrected chi connectivity index (χ4v) is 12.6. The molecule has 0 saturated heterocycles. The second-order valence-electron chi connectivity index (χ2n) is 18.7. The molecule has 1 heterocycles. The Bertz CT molecular complexity index is 3800. The first kappa shape index (κ1) is 40.1. The van der Waals surface area contributed by atoms with E-state index in [9.17, 15) is 0 Å². The summed E-state index contributed by atoms with van der Waals surface area (Å²) in [4.78, 5) is 2.47. The molecular formula is C68H46N2. The van der Waals surface area contributed by atoms with Crippen molar-refractivity contribution in [2.45, 2.75) is 10.8 Å². The van der Waals surface area contributed by atoms with Gasteiger partial charge in [-0.25, -0.2) is 0 Å². The van der Waals surface area contributed by atoms with Gasteiger partial charge in [0.25, 0.3) is 0 Å². The molecule has 70 heavy (non-hydrogen) atoms. The van der Waals surface area contributed by atoms with Crippen molar-refractivity contribution in [1.82, 2.24) is 4.57 Å². The van der Waals surface area contributed by atoms with E-state index in [2.05, 4.69) is 289 Å². The van der Waals surface area contributed by atoms with Crippen LogP contribution in [0.3, 0.4) is 0 Å². The molecule has 2 aliphatic carbocycles. The van der Waals surface area contributed by atoms with E-state index in [1.165, 1.54) is 88.6 Å². The monoisotopic (exact) mass is 890 g/mol. The van der Waals surface area contributed by atoms with Crippen molar-refractivity contribution >= 4 is 38.9 Å². The summed E-state index contributed by atoms with van der Waals surface area (Å²) < 4.78 is 2.42. The Kier molecular flexibility index (Phi) is 9.06. The summed E-state index contributed by atoms with van der Waals surface area (Å²) in [6.07, 6.45) is 0. The fourth-order valence-electron chi connectivity index (χ4n) is 12.6. The number of nitrogens with zero attached hydrogens (tertiary/aromatic N) is 2. The number of hydrogen-bond donors (Lipinski definition) is 0. The molecular weight excluding hydrogens is 845 g/mol. The molecule has 0 amide bonds. The summed E-state index contributed by atoms with van der Waals surface area (Å²) >= 11 is 0. The molecule has 328 valence electrons. The number of fused-ring (bicyclic) bond motifs is 9. The number of benzene rings is 11. The molecule has 11 aromatic carbocycles. The second kappa shape index (κ2) is 15.8. The second-order valence-corrected chi connectivity index (χ2v) is 18.7. The quantitative estimate of drug-likeness (QED) is 0.148. The maximum absolute atomic E-state index is 2.48. The lowest BCUT2D eigenvalue weighted by molar-refractivity contribution is 0.768. The minimum Gasteiger partial charge on any atom is -0.310 e. The van der Waals surface area contributed by atoms with Crippen LogP contribution in [0.4, 0.5) is 17.1 Å².